The summed E-state index contributed by atoms with van der Waals surface area (Å²) in [4.78, 5) is 10.3. The number of aromatic amines is 1. The third-order valence-corrected chi connectivity index (χ3v) is 7.24. The maximum Gasteiger partial charge on any atom is 0.139 e. The van der Waals surface area contributed by atoms with E-state index >= 15 is 0 Å². The molecule has 1 aliphatic heterocycles. The minimum Gasteiger partial charge on any atom is -0.511 e. The maximum atomic E-state index is 10.1. The molecule has 6 heteroatoms. The average Bonchev–Trinajstić information content (AvgIpc) is 3.35. The summed E-state index contributed by atoms with van der Waals surface area (Å²) < 4.78 is 0. The van der Waals surface area contributed by atoms with Crippen molar-refractivity contribution in [2.24, 2.45) is 0 Å². The number of rotatable bonds is 6. The molecular formula is C29H29ClN4O. The highest BCUT2D eigenvalue weighted by Gasteiger charge is 2.33. The summed E-state index contributed by atoms with van der Waals surface area (Å²) in [6.07, 6.45) is 2.79. The summed E-state index contributed by atoms with van der Waals surface area (Å²) in [6.45, 7) is 9.40. The number of hydrogen-bond acceptors (Lipinski definition) is 4. The van der Waals surface area contributed by atoms with E-state index in [2.05, 4.69) is 40.0 Å². The third-order valence-electron chi connectivity index (χ3n) is 6.91. The van der Waals surface area contributed by atoms with Crippen molar-refractivity contribution in [2.75, 3.05) is 11.9 Å². The highest BCUT2D eigenvalue weighted by Crippen LogP contribution is 2.35. The van der Waals surface area contributed by atoms with Crippen LogP contribution in [0.25, 0.3) is 22.6 Å². The second-order valence-corrected chi connectivity index (χ2v) is 9.85. The lowest BCUT2D eigenvalue weighted by Gasteiger charge is -2.41. The largest absolute Gasteiger partial charge is 0.511 e. The van der Waals surface area contributed by atoms with E-state index in [1.165, 1.54) is 11.1 Å². The van der Waals surface area contributed by atoms with Crippen LogP contribution in [0.3, 0.4) is 0 Å². The van der Waals surface area contributed by atoms with Gasteiger partial charge in [-0.1, -0.05) is 60.6 Å². The number of anilines is 2. The summed E-state index contributed by atoms with van der Waals surface area (Å²) in [5, 5.41) is 14.3. The van der Waals surface area contributed by atoms with E-state index < -0.39 is 5.54 Å². The van der Waals surface area contributed by atoms with Gasteiger partial charge in [0.15, 0.2) is 0 Å². The van der Waals surface area contributed by atoms with Crippen LogP contribution < -0.4 is 5.32 Å². The van der Waals surface area contributed by atoms with Gasteiger partial charge in [-0.15, -0.1) is 0 Å². The van der Waals surface area contributed by atoms with Crippen LogP contribution >= 0.6 is 11.6 Å². The number of fused-ring (bicyclic) bond motifs is 1. The number of imidazole rings is 1. The molecule has 5 rings (SSSR count). The number of hydrogen-bond donors (Lipinski definition) is 3. The molecule has 1 aliphatic rings. The van der Waals surface area contributed by atoms with Crippen LogP contribution in [0.4, 0.5) is 11.4 Å². The molecule has 0 amide bonds. The van der Waals surface area contributed by atoms with Crippen molar-refractivity contribution >= 4 is 23.0 Å². The minimum absolute atomic E-state index is 0.192. The molecule has 4 aromatic rings. The number of halogens is 1. The maximum absolute atomic E-state index is 10.1. The summed E-state index contributed by atoms with van der Waals surface area (Å²) in [7, 11) is 0. The Kier molecular flexibility index (Phi) is 6.13. The Morgan fingerprint density at radius 3 is 2.69 bits per heavy atom. The van der Waals surface area contributed by atoms with Gasteiger partial charge in [-0.3, -0.25) is 4.90 Å². The van der Waals surface area contributed by atoms with Gasteiger partial charge in [-0.05, 0) is 55.7 Å². The lowest BCUT2D eigenvalue weighted by Crippen LogP contribution is -2.47. The molecule has 3 N–H and O–H groups in total. The van der Waals surface area contributed by atoms with E-state index in [0.29, 0.717) is 5.02 Å². The molecule has 1 aromatic heterocycles. The van der Waals surface area contributed by atoms with Crippen molar-refractivity contribution in [3.63, 3.8) is 0 Å². The van der Waals surface area contributed by atoms with Gasteiger partial charge in [0.2, 0.25) is 0 Å². The van der Waals surface area contributed by atoms with Crippen molar-refractivity contribution in [3.8, 4) is 22.6 Å². The van der Waals surface area contributed by atoms with Gasteiger partial charge in [0.05, 0.1) is 16.3 Å². The lowest BCUT2D eigenvalue weighted by molar-refractivity contribution is 0.0948. The zero-order valence-corrected chi connectivity index (χ0v) is 20.7. The summed E-state index contributed by atoms with van der Waals surface area (Å²) in [5.74, 6) is 0.923. The predicted molar refractivity (Wildman–Crippen MR) is 144 cm³/mol. The first-order valence-corrected chi connectivity index (χ1v) is 12.1. The lowest BCUT2D eigenvalue weighted by atomic mass is 9.92. The summed E-state index contributed by atoms with van der Waals surface area (Å²) >= 11 is 6.57. The van der Waals surface area contributed by atoms with E-state index in [-0.39, 0.29) is 5.76 Å². The Balaban J connectivity index is 1.41. The normalized spacial score (nSPS) is 13.9. The SMILES string of the molecule is C=C(O)C(C)(C)N1CCc2c(cccc2Nc2ccc(Cl)c(-c3nc(-c4ccccc4)c[nH]3)c2)C1. The molecule has 0 bridgehead atoms. The van der Waals surface area contributed by atoms with Gasteiger partial charge in [-0.2, -0.15) is 0 Å². The monoisotopic (exact) mass is 484 g/mol. The van der Waals surface area contributed by atoms with E-state index in [0.717, 1.165) is 53.5 Å². The quantitative estimate of drug-likeness (QED) is 0.250. The van der Waals surface area contributed by atoms with Gasteiger partial charge in [0.1, 0.15) is 11.6 Å². The molecule has 0 saturated carbocycles. The topological polar surface area (TPSA) is 64.2 Å². The number of nitrogens with one attached hydrogen (secondary N) is 2. The minimum atomic E-state index is -0.464. The number of aliphatic hydroxyl groups excluding tert-OH is 1. The predicted octanol–water partition coefficient (Wildman–Crippen LogP) is 7.35. The molecule has 0 atom stereocenters. The first kappa shape index (κ1) is 23.2. The van der Waals surface area contributed by atoms with Crippen LogP contribution in [0, 0.1) is 0 Å². The first-order chi connectivity index (χ1) is 16.8. The highest BCUT2D eigenvalue weighted by atomic mass is 35.5. The van der Waals surface area contributed by atoms with E-state index in [1.807, 2.05) is 68.6 Å². The standard InChI is InChI=1S/C29H29ClN4O/c1-19(35)29(2,3)34-15-14-23-21(18-34)10-7-11-26(23)32-22-12-13-25(30)24(16-22)28-31-17-27(33-28)20-8-5-4-6-9-20/h4-13,16-17,32,35H,1,14-15,18H2,2-3H3,(H,31,33). The van der Waals surface area contributed by atoms with E-state index in [1.54, 1.807) is 0 Å². The van der Waals surface area contributed by atoms with Crippen molar-refractivity contribution < 1.29 is 5.11 Å². The molecule has 3 aromatic carbocycles. The van der Waals surface area contributed by atoms with E-state index in [9.17, 15) is 5.11 Å². The summed E-state index contributed by atoms with van der Waals surface area (Å²) in [6, 6.07) is 22.3. The fourth-order valence-corrected chi connectivity index (χ4v) is 4.75. The zero-order chi connectivity index (χ0) is 24.6. The fourth-order valence-electron chi connectivity index (χ4n) is 4.54. The van der Waals surface area contributed by atoms with Crippen LogP contribution in [0.15, 0.2) is 85.3 Å². The number of aromatic nitrogens is 2. The van der Waals surface area contributed by atoms with Crippen LogP contribution in [0.5, 0.6) is 0 Å². The smallest absolute Gasteiger partial charge is 0.139 e. The van der Waals surface area contributed by atoms with Gasteiger partial charge in [0, 0.05) is 41.8 Å². The fraction of sp³-hybridized carbons (Fsp3) is 0.207. The van der Waals surface area contributed by atoms with Crippen molar-refractivity contribution in [2.45, 2.75) is 32.4 Å². The van der Waals surface area contributed by atoms with Crippen LogP contribution in [0.1, 0.15) is 25.0 Å². The van der Waals surface area contributed by atoms with Crippen molar-refractivity contribution in [3.05, 3.63) is 101 Å². The van der Waals surface area contributed by atoms with Gasteiger partial charge >= 0.3 is 0 Å². The molecule has 2 heterocycles. The highest BCUT2D eigenvalue weighted by molar-refractivity contribution is 6.33. The van der Waals surface area contributed by atoms with Crippen LogP contribution in [-0.2, 0) is 13.0 Å². The van der Waals surface area contributed by atoms with Crippen LogP contribution in [0.2, 0.25) is 5.02 Å². The Hall–Kier alpha value is -3.54. The Morgan fingerprint density at radius 1 is 1.11 bits per heavy atom. The molecule has 0 aliphatic carbocycles. The molecule has 0 spiro atoms. The molecule has 0 radical (unpaired) electrons. The molecule has 5 nitrogen and oxygen atoms in total. The molecule has 35 heavy (non-hydrogen) atoms. The van der Waals surface area contributed by atoms with Gasteiger partial charge < -0.3 is 15.4 Å². The molecule has 0 fully saturated rings. The Morgan fingerprint density at radius 2 is 1.91 bits per heavy atom. The second-order valence-electron chi connectivity index (χ2n) is 9.44. The molecule has 178 valence electrons. The molecular weight excluding hydrogens is 456 g/mol. The first-order valence-electron chi connectivity index (χ1n) is 11.7. The zero-order valence-electron chi connectivity index (χ0n) is 20.0. The third kappa shape index (κ3) is 4.57. The van der Waals surface area contributed by atoms with Gasteiger partial charge in [-0.25, -0.2) is 4.98 Å². The number of H-pyrrole nitrogens is 1. The van der Waals surface area contributed by atoms with E-state index in [4.69, 9.17) is 16.6 Å². The molecule has 0 unspecified atom stereocenters. The van der Waals surface area contributed by atoms with Crippen molar-refractivity contribution in [1.82, 2.24) is 14.9 Å². The Labute approximate surface area is 211 Å². The Bertz CT molecular complexity index is 1380. The molecule has 0 saturated heterocycles. The second kappa shape index (κ2) is 9.25. The van der Waals surface area contributed by atoms with Crippen molar-refractivity contribution in [1.29, 1.82) is 0 Å². The van der Waals surface area contributed by atoms with Crippen LogP contribution in [-0.4, -0.2) is 32.1 Å². The number of nitrogens with zero attached hydrogens (tertiary/aromatic N) is 2. The number of aliphatic hydroxyl groups is 1. The number of benzene rings is 3. The van der Waals surface area contributed by atoms with Gasteiger partial charge in [0.25, 0.3) is 0 Å². The summed E-state index contributed by atoms with van der Waals surface area (Å²) in [5.41, 5.74) is 6.89. The average molecular weight is 485 g/mol.